The molecule has 1 aliphatic rings. The van der Waals surface area contributed by atoms with E-state index in [-0.39, 0.29) is 17.7 Å². The van der Waals surface area contributed by atoms with E-state index in [1.54, 1.807) is 6.92 Å². The number of hydrogen-bond donors (Lipinski definition) is 3. The van der Waals surface area contributed by atoms with Gasteiger partial charge in [-0.05, 0) is 6.92 Å². The lowest BCUT2D eigenvalue weighted by Gasteiger charge is -2.15. The van der Waals surface area contributed by atoms with Gasteiger partial charge < -0.3 is 20.7 Å². The Bertz CT molecular complexity index is 572. The quantitative estimate of drug-likeness (QED) is 0.652. The first-order valence-electron chi connectivity index (χ1n) is 5.59. The summed E-state index contributed by atoms with van der Waals surface area (Å²) in [5, 5.41) is 18.8. The maximum Gasteiger partial charge on any atom is 0.351 e. The van der Waals surface area contributed by atoms with Crippen LogP contribution in [0, 0.1) is 6.92 Å². The van der Waals surface area contributed by atoms with Crippen LogP contribution in [0.5, 0.6) is 0 Å². The van der Waals surface area contributed by atoms with Crippen LogP contribution >= 0.6 is 0 Å². The zero-order valence-electron chi connectivity index (χ0n) is 10.2. The highest BCUT2D eigenvalue weighted by molar-refractivity contribution is 5.35. The Hall–Kier alpha value is -1.77. The van der Waals surface area contributed by atoms with Crippen LogP contribution in [0.1, 0.15) is 11.8 Å². The number of nitrogens with two attached hydrogens (primary N) is 1. The Kier molecular flexibility index (Phi) is 3.65. The number of aryl methyl sites for hydroxylation is 1. The molecule has 0 radical (unpaired) electrons. The first-order valence-corrected chi connectivity index (χ1v) is 5.59. The molecule has 1 aromatic rings. The fraction of sp³-hybridized carbons (Fsp3) is 0.455. The average molecular weight is 271 g/mol. The van der Waals surface area contributed by atoms with E-state index in [1.165, 1.54) is 6.20 Å². The van der Waals surface area contributed by atoms with Crippen molar-refractivity contribution in [3.63, 3.8) is 0 Å². The van der Waals surface area contributed by atoms with Crippen LogP contribution in [0.4, 0.5) is 10.2 Å². The second-order valence-electron chi connectivity index (χ2n) is 4.26. The van der Waals surface area contributed by atoms with Crippen LogP contribution in [0.15, 0.2) is 22.9 Å². The van der Waals surface area contributed by atoms with Crippen LogP contribution in [0.3, 0.4) is 0 Å². The molecule has 19 heavy (non-hydrogen) atoms. The van der Waals surface area contributed by atoms with Crippen LogP contribution in [0.2, 0.25) is 0 Å². The molecule has 104 valence electrons. The molecule has 1 aliphatic heterocycles. The van der Waals surface area contributed by atoms with Crippen LogP contribution < -0.4 is 11.4 Å². The van der Waals surface area contributed by atoms with Crippen molar-refractivity contribution >= 4 is 5.82 Å². The summed E-state index contributed by atoms with van der Waals surface area (Å²) < 4.78 is 19.1. The number of aromatic nitrogens is 2. The predicted octanol–water partition coefficient (Wildman–Crippen LogP) is -0.762. The second kappa shape index (κ2) is 5.08. The van der Waals surface area contributed by atoms with Crippen molar-refractivity contribution in [1.29, 1.82) is 0 Å². The van der Waals surface area contributed by atoms with E-state index >= 15 is 0 Å². The van der Waals surface area contributed by atoms with Gasteiger partial charge in [0.25, 0.3) is 0 Å². The predicted molar refractivity (Wildman–Crippen MR) is 63.8 cm³/mol. The highest BCUT2D eigenvalue weighted by Crippen LogP contribution is 2.33. The van der Waals surface area contributed by atoms with E-state index < -0.39 is 30.7 Å². The van der Waals surface area contributed by atoms with Gasteiger partial charge in [-0.2, -0.15) is 4.98 Å². The fourth-order valence-electron chi connectivity index (χ4n) is 1.91. The monoisotopic (exact) mass is 271 g/mol. The molecule has 0 aromatic carbocycles. The van der Waals surface area contributed by atoms with Crippen LogP contribution in [-0.4, -0.2) is 38.6 Å². The normalized spacial score (nSPS) is 29.1. The van der Waals surface area contributed by atoms with Gasteiger partial charge in [0.2, 0.25) is 0 Å². The molecule has 7 nitrogen and oxygen atoms in total. The van der Waals surface area contributed by atoms with Crippen LogP contribution in [0.25, 0.3) is 0 Å². The summed E-state index contributed by atoms with van der Waals surface area (Å²) in [5.41, 5.74) is 5.14. The Labute approximate surface area is 107 Å². The number of hydrogen-bond acceptors (Lipinski definition) is 6. The Morgan fingerprint density at radius 2 is 2.37 bits per heavy atom. The molecule has 3 unspecified atom stereocenters. The highest BCUT2D eigenvalue weighted by Gasteiger charge is 2.40. The number of anilines is 1. The minimum atomic E-state index is -1.32. The Balaban J connectivity index is 2.47. The molecule has 1 aromatic heterocycles. The molecular formula is C11H14FN3O4. The summed E-state index contributed by atoms with van der Waals surface area (Å²) in [6.07, 6.45) is -1.91. The molecule has 4 N–H and O–H groups in total. The molecule has 1 saturated heterocycles. The largest absolute Gasteiger partial charge is 0.394 e. The van der Waals surface area contributed by atoms with E-state index in [9.17, 15) is 14.3 Å². The minimum Gasteiger partial charge on any atom is -0.394 e. The first-order chi connectivity index (χ1) is 8.99. The van der Waals surface area contributed by atoms with E-state index in [2.05, 4.69) is 4.98 Å². The SMILES string of the molecule is Cc1cn(C2OC(CO)C(O)/C2=C\F)c(=O)nc1N. The molecule has 8 heteroatoms. The minimum absolute atomic E-state index is 0.0734. The molecule has 0 aliphatic carbocycles. The summed E-state index contributed by atoms with van der Waals surface area (Å²) in [4.78, 5) is 15.3. The van der Waals surface area contributed by atoms with Crippen molar-refractivity contribution in [3.05, 3.63) is 34.1 Å². The van der Waals surface area contributed by atoms with Crippen LogP contribution in [-0.2, 0) is 4.74 Å². The number of halogens is 1. The number of aliphatic hydroxyl groups excluding tert-OH is 2. The first kappa shape index (κ1) is 13.7. The summed E-state index contributed by atoms with van der Waals surface area (Å²) >= 11 is 0. The zero-order valence-corrected chi connectivity index (χ0v) is 10.2. The number of nitrogen functional groups attached to an aromatic ring is 1. The third-order valence-corrected chi connectivity index (χ3v) is 3.01. The zero-order chi connectivity index (χ0) is 14.2. The van der Waals surface area contributed by atoms with Crippen molar-refractivity contribution in [2.45, 2.75) is 25.4 Å². The van der Waals surface area contributed by atoms with Gasteiger partial charge in [0, 0.05) is 17.3 Å². The summed E-state index contributed by atoms with van der Waals surface area (Å²) in [7, 11) is 0. The van der Waals surface area contributed by atoms with Gasteiger partial charge in [-0.1, -0.05) is 0 Å². The second-order valence-corrected chi connectivity index (χ2v) is 4.26. The Morgan fingerprint density at radius 3 is 2.95 bits per heavy atom. The molecule has 0 amide bonds. The molecule has 1 fully saturated rings. The molecule has 2 heterocycles. The van der Waals surface area contributed by atoms with Gasteiger partial charge in [0.15, 0.2) is 6.23 Å². The molecule has 0 saturated carbocycles. The van der Waals surface area contributed by atoms with E-state index in [0.717, 1.165) is 4.57 Å². The topological polar surface area (TPSA) is 111 Å². The lowest BCUT2D eigenvalue weighted by atomic mass is 10.1. The molecular weight excluding hydrogens is 257 g/mol. The van der Waals surface area contributed by atoms with Crippen molar-refractivity contribution in [3.8, 4) is 0 Å². The highest BCUT2D eigenvalue weighted by atomic mass is 19.1. The van der Waals surface area contributed by atoms with Gasteiger partial charge in [-0.25, -0.2) is 9.18 Å². The maximum atomic E-state index is 12.9. The van der Waals surface area contributed by atoms with Crippen molar-refractivity contribution in [2.75, 3.05) is 12.3 Å². The molecule has 0 bridgehead atoms. The van der Waals surface area contributed by atoms with E-state index in [1.807, 2.05) is 0 Å². The fourth-order valence-corrected chi connectivity index (χ4v) is 1.91. The molecule has 0 spiro atoms. The standard InChI is InChI=1S/C11H14FN3O4/c1-5-3-15(11(18)14-9(5)13)10-6(2-12)8(17)7(4-16)19-10/h2-3,7-8,10,16-17H,4H2,1H3,(H2,13,14,18)/b6-2+. The van der Waals surface area contributed by atoms with Gasteiger partial charge in [-0.15, -0.1) is 0 Å². The molecule has 3 atom stereocenters. The van der Waals surface area contributed by atoms with Crippen molar-refractivity contribution in [2.24, 2.45) is 0 Å². The molecule has 2 rings (SSSR count). The van der Waals surface area contributed by atoms with Crippen molar-refractivity contribution < 1.29 is 19.3 Å². The third-order valence-electron chi connectivity index (χ3n) is 3.01. The Morgan fingerprint density at radius 1 is 1.68 bits per heavy atom. The number of ether oxygens (including phenoxy) is 1. The lowest BCUT2D eigenvalue weighted by Crippen LogP contribution is -2.29. The van der Waals surface area contributed by atoms with Crippen molar-refractivity contribution in [1.82, 2.24) is 9.55 Å². The average Bonchev–Trinajstić information content (AvgIpc) is 2.70. The number of rotatable bonds is 2. The summed E-state index contributed by atoms with van der Waals surface area (Å²) in [5.74, 6) is 0.0734. The number of aliphatic hydroxyl groups is 2. The van der Waals surface area contributed by atoms with Gasteiger partial charge in [-0.3, -0.25) is 4.57 Å². The lowest BCUT2D eigenvalue weighted by molar-refractivity contribution is -0.0447. The van der Waals surface area contributed by atoms with Gasteiger partial charge >= 0.3 is 5.69 Å². The number of nitrogens with zero attached hydrogens (tertiary/aromatic N) is 2. The van der Waals surface area contributed by atoms with E-state index in [4.69, 9.17) is 15.6 Å². The summed E-state index contributed by atoms with van der Waals surface area (Å²) in [6.45, 7) is 1.14. The summed E-state index contributed by atoms with van der Waals surface area (Å²) in [6, 6.07) is 0. The maximum absolute atomic E-state index is 12.9. The van der Waals surface area contributed by atoms with Gasteiger partial charge in [0.05, 0.1) is 12.9 Å². The smallest absolute Gasteiger partial charge is 0.351 e. The third kappa shape index (κ3) is 2.25. The van der Waals surface area contributed by atoms with Gasteiger partial charge in [0.1, 0.15) is 18.0 Å². The van der Waals surface area contributed by atoms with E-state index in [0.29, 0.717) is 5.56 Å².